The Balaban J connectivity index is 1.89. The van der Waals surface area contributed by atoms with Gasteiger partial charge in [-0.15, -0.1) is 11.3 Å². The molecule has 3 rings (SSSR count). The van der Waals surface area contributed by atoms with Gasteiger partial charge in [0.05, 0.1) is 31.1 Å². The number of hydrazone groups is 1. The summed E-state index contributed by atoms with van der Waals surface area (Å²) in [6.45, 7) is 3.35. The average molecular weight is 508 g/mol. The fourth-order valence-corrected chi connectivity index (χ4v) is 4.45. The van der Waals surface area contributed by atoms with Gasteiger partial charge >= 0.3 is 5.97 Å². The third-order valence-electron chi connectivity index (χ3n) is 4.61. The lowest BCUT2D eigenvalue weighted by Crippen LogP contribution is -2.20. The van der Waals surface area contributed by atoms with E-state index in [-0.39, 0.29) is 17.0 Å². The van der Waals surface area contributed by atoms with Crippen LogP contribution in [0.4, 0.5) is 5.69 Å². The molecule has 1 heterocycles. The molecule has 1 amide bonds. The molecule has 0 unspecified atom stereocenters. The Labute approximate surface area is 201 Å². The number of nitrogens with one attached hydrogen (secondary N) is 1. The summed E-state index contributed by atoms with van der Waals surface area (Å²) in [7, 11) is 0. The molecule has 170 valence electrons. The molecule has 0 aliphatic heterocycles. The van der Waals surface area contributed by atoms with E-state index in [2.05, 4.69) is 10.5 Å². The summed E-state index contributed by atoms with van der Waals surface area (Å²) >= 11 is 13.3. The van der Waals surface area contributed by atoms with Gasteiger partial charge in [0.15, 0.2) is 0 Å². The number of nitro groups is 1. The number of rotatable bonds is 6. The van der Waals surface area contributed by atoms with Crippen molar-refractivity contribution >= 4 is 57.8 Å². The minimum atomic E-state index is -1.48. The minimum Gasteiger partial charge on any atom is -0.506 e. The van der Waals surface area contributed by atoms with E-state index in [0.29, 0.717) is 26.0 Å². The van der Waals surface area contributed by atoms with Crippen LogP contribution in [-0.2, 0) is 0 Å². The van der Waals surface area contributed by atoms with Crippen LogP contribution >= 0.6 is 34.5 Å². The Morgan fingerprint density at radius 3 is 2.45 bits per heavy atom. The summed E-state index contributed by atoms with van der Waals surface area (Å²) in [5, 5.41) is 35.6. The molecule has 2 aromatic carbocycles. The van der Waals surface area contributed by atoms with Crippen molar-refractivity contribution in [3.63, 3.8) is 0 Å². The Kier molecular flexibility index (Phi) is 7.01. The van der Waals surface area contributed by atoms with Gasteiger partial charge in [0.2, 0.25) is 0 Å². The second-order valence-electron chi connectivity index (χ2n) is 6.77. The second kappa shape index (κ2) is 9.57. The first-order valence-corrected chi connectivity index (χ1v) is 10.7. The molecule has 0 saturated heterocycles. The molecular formula is C21H15Cl2N3O6S. The first-order chi connectivity index (χ1) is 15.5. The molecule has 0 aliphatic rings. The normalized spacial score (nSPS) is 11.3. The third-order valence-corrected chi connectivity index (χ3v) is 6.50. The van der Waals surface area contributed by atoms with Crippen molar-refractivity contribution in [2.75, 3.05) is 0 Å². The largest absolute Gasteiger partial charge is 0.506 e. The SMILES string of the molecule is CC(=NNC(=O)c1ccc(C(=O)O)c([N+](=O)[O-])c1)c1c(C)sc(-c2ccc(Cl)c(Cl)c2)c1O. The van der Waals surface area contributed by atoms with Crippen LogP contribution in [0.15, 0.2) is 41.5 Å². The number of nitrogens with zero attached hydrogens (tertiary/aromatic N) is 2. The maximum atomic E-state index is 12.4. The fourth-order valence-electron chi connectivity index (χ4n) is 3.05. The number of thiophene rings is 1. The maximum Gasteiger partial charge on any atom is 0.342 e. The number of carboxylic acids is 1. The number of carbonyl (C=O) groups excluding carboxylic acids is 1. The van der Waals surface area contributed by atoms with E-state index in [0.717, 1.165) is 23.1 Å². The van der Waals surface area contributed by atoms with Crippen molar-refractivity contribution in [2.24, 2.45) is 5.10 Å². The van der Waals surface area contributed by atoms with E-state index in [1.807, 2.05) is 0 Å². The summed E-state index contributed by atoms with van der Waals surface area (Å²) in [6.07, 6.45) is 0. The smallest absolute Gasteiger partial charge is 0.342 e. The zero-order valence-electron chi connectivity index (χ0n) is 17.1. The number of carbonyl (C=O) groups is 2. The lowest BCUT2D eigenvalue weighted by atomic mass is 10.1. The molecule has 0 radical (unpaired) electrons. The predicted octanol–water partition coefficient (Wildman–Crippen LogP) is 5.50. The van der Waals surface area contributed by atoms with Gasteiger partial charge < -0.3 is 10.2 Å². The lowest BCUT2D eigenvalue weighted by molar-refractivity contribution is -0.385. The van der Waals surface area contributed by atoms with Gasteiger partial charge in [0, 0.05) is 16.5 Å². The first-order valence-electron chi connectivity index (χ1n) is 9.15. The Bertz CT molecular complexity index is 1340. The van der Waals surface area contributed by atoms with E-state index >= 15 is 0 Å². The van der Waals surface area contributed by atoms with Crippen LogP contribution in [0.1, 0.15) is 38.1 Å². The number of aromatic carboxylic acids is 1. The topological polar surface area (TPSA) is 142 Å². The number of hydrogen-bond acceptors (Lipinski definition) is 7. The highest BCUT2D eigenvalue weighted by Crippen LogP contribution is 2.43. The molecule has 0 atom stereocenters. The first kappa shape index (κ1) is 24.2. The Morgan fingerprint density at radius 1 is 1.15 bits per heavy atom. The van der Waals surface area contributed by atoms with Crippen LogP contribution in [-0.4, -0.2) is 32.7 Å². The van der Waals surface area contributed by atoms with Crippen LogP contribution in [0.3, 0.4) is 0 Å². The molecule has 0 fully saturated rings. The molecule has 0 spiro atoms. The highest BCUT2D eigenvalue weighted by molar-refractivity contribution is 7.16. The fraction of sp³-hybridized carbons (Fsp3) is 0.0952. The molecule has 33 heavy (non-hydrogen) atoms. The zero-order chi connectivity index (χ0) is 24.4. The zero-order valence-corrected chi connectivity index (χ0v) is 19.4. The standard InChI is InChI=1S/C21H15Cl2N3O6S/c1-9(17-10(2)33-19(18(17)27)11-4-6-14(22)15(23)7-11)24-25-20(28)12-3-5-13(21(29)30)16(8-12)26(31)32/h3-8,27H,1-2H3,(H,25,28)(H,29,30). The minimum absolute atomic E-state index is 0.0483. The van der Waals surface area contributed by atoms with E-state index in [1.165, 1.54) is 11.3 Å². The summed E-state index contributed by atoms with van der Waals surface area (Å²) in [5.41, 5.74) is 2.22. The number of benzene rings is 2. The number of halogens is 2. The Hall–Kier alpha value is -3.47. The molecule has 1 aromatic heterocycles. The molecule has 0 bridgehead atoms. The van der Waals surface area contributed by atoms with Gasteiger partial charge in [-0.1, -0.05) is 29.3 Å². The van der Waals surface area contributed by atoms with Gasteiger partial charge in [-0.3, -0.25) is 14.9 Å². The Morgan fingerprint density at radius 2 is 1.85 bits per heavy atom. The molecule has 3 N–H and O–H groups in total. The quantitative estimate of drug-likeness (QED) is 0.228. The van der Waals surface area contributed by atoms with Crippen molar-refractivity contribution in [3.8, 4) is 16.2 Å². The maximum absolute atomic E-state index is 12.4. The number of carboxylic acid groups (broad SMARTS) is 1. The van der Waals surface area contributed by atoms with Crippen LogP contribution < -0.4 is 5.43 Å². The third kappa shape index (κ3) is 4.98. The van der Waals surface area contributed by atoms with Crippen molar-refractivity contribution < 1.29 is 24.7 Å². The van der Waals surface area contributed by atoms with Gasteiger partial charge in [-0.05, 0) is 43.7 Å². The summed E-state index contributed by atoms with van der Waals surface area (Å²) in [4.78, 5) is 35.1. The van der Waals surface area contributed by atoms with Crippen LogP contribution in [0.2, 0.25) is 10.0 Å². The van der Waals surface area contributed by atoms with E-state index in [4.69, 9.17) is 28.3 Å². The summed E-state index contributed by atoms with van der Waals surface area (Å²) in [6, 6.07) is 7.94. The van der Waals surface area contributed by atoms with Gasteiger partial charge in [-0.25, -0.2) is 10.2 Å². The van der Waals surface area contributed by atoms with Crippen molar-refractivity contribution in [2.45, 2.75) is 13.8 Å². The molecule has 9 nitrogen and oxygen atoms in total. The van der Waals surface area contributed by atoms with Crippen LogP contribution in [0.25, 0.3) is 10.4 Å². The molecule has 12 heteroatoms. The van der Waals surface area contributed by atoms with E-state index < -0.39 is 28.1 Å². The molecule has 3 aromatic rings. The number of amides is 1. The highest BCUT2D eigenvalue weighted by Gasteiger charge is 2.23. The average Bonchev–Trinajstić information content (AvgIpc) is 3.07. The van der Waals surface area contributed by atoms with E-state index in [9.17, 15) is 24.8 Å². The van der Waals surface area contributed by atoms with Gasteiger partial charge in [-0.2, -0.15) is 5.10 Å². The molecule has 0 aliphatic carbocycles. The summed E-state index contributed by atoms with van der Waals surface area (Å²) < 4.78 is 0. The monoisotopic (exact) mass is 507 g/mol. The van der Waals surface area contributed by atoms with Crippen molar-refractivity contribution in [1.29, 1.82) is 0 Å². The number of aromatic hydroxyl groups is 1. The molecular weight excluding hydrogens is 493 g/mol. The molecule has 0 saturated carbocycles. The van der Waals surface area contributed by atoms with Gasteiger partial charge in [0.1, 0.15) is 11.3 Å². The summed E-state index contributed by atoms with van der Waals surface area (Å²) in [5.74, 6) is -2.32. The van der Waals surface area contributed by atoms with Crippen molar-refractivity contribution in [3.05, 3.63) is 78.1 Å². The lowest BCUT2D eigenvalue weighted by Gasteiger charge is -2.05. The van der Waals surface area contributed by atoms with Crippen LogP contribution in [0.5, 0.6) is 5.75 Å². The number of aryl methyl sites for hydroxylation is 1. The van der Waals surface area contributed by atoms with Crippen molar-refractivity contribution in [1.82, 2.24) is 5.43 Å². The highest BCUT2D eigenvalue weighted by atomic mass is 35.5. The number of hydrogen-bond donors (Lipinski definition) is 3. The van der Waals surface area contributed by atoms with E-state index in [1.54, 1.807) is 32.0 Å². The van der Waals surface area contributed by atoms with Gasteiger partial charge in [0.25, 0.3) is 11.6 Å². The predicted molar refractivity (Wildman–Crippen MR) is 126 cm³/mol. The number of nitro benzene ring substituents is 1. The van der Waals surface area contributed by atoms with Crippen LogP contribution in [0, 0.1) is 17.0 Å². The second-order valence-corrected chi connectivity index (χ2v) is 8.81.